The van der Waals surface area contributed by atoms with E-state index < -0.39 is 0 Å². The molecule has 1 fully saturated rings. The van der Waals surface area contributed by atoms with Gasteiger partial charge in [-0.2, -0.15) is 0 Å². The number of nitrogens with one attached hydrogen (secondary N) is 1. The minimum atomic E-state index is 0.293. The van der Waals surface area contributed by atoms with Crippen molar-refractivity contribution in [3.05, 3.63) is 28.8 Å². The van der Waals surface area contributed by atoms with Crippen LogP contribution in [0.1, 0.15) is 51.6 Å². The lowest BCUT2D eigenvalue weighted by molar-refractivity contribution is 0.351. The zero-order chi connectivity index (χ0) is 15.4. The highest BCUT2D eigenvalue weighted by molar-refractivity contribution is 6.31. The maximum atomic E-state index is 6.48. The second-order valence-electron chi connectivity index (χ2n) is 6.64. The minimum Gasteiger partial charge on any atom is -0.371 e. The van der Waals surface area contributed by atoms with Crippen molar-refractivity contribution in [2.24, 2.45) is 11.8 Å². The molecule has 1 saturated heterocycles. The van der Waals surface area contributed by atoms with Gasteiger partial charge in [0.05, 0.1) is 0 Å². The third-order valence-corrected chi connectivity index (χ3v) is 5.29. The molecule has 118 valence electrons. The number of nitrogens with zero attached hydrogens (tertiary/aromatic N) is 1. The Bertz CT molecular complexity index is 459. The number of rotatable bonds is 4. The monoisotopic (exact) mass is 308 g/mol. The Hall–Kier alpha value is -0.730. The molecule has 0 radical (unpaired) electrons. The number of anilines is 1. The van der Waals surface area contributed by atoms with Crippen molar-refractivity contribution in [3.8, 4) is 0 Å². The Balaban J connectivity index is 2.10. The first-order valence-corrected chi connectivity index (χ1v) is 8.62. The fraction of sp³-hybridized carbons (Fsp3) is 0.667. The number of hydrogen-bond acceptors (Lipinski definition) is 2. The van der Waals surface area contributed by atoms with Gasteiger partial charge in [-0.1, -0.05) is 31.5 Å². The second-order valence-corrected chi connectivity index (χ2v) is 7.05. The summed E-state index contributed by atoms with van der Waals surface area (Å²) >= 11 is 6.48. The van der Waals surface area contributed by atoms with E-state index in [1.54, 1.807) is 0 Å². The molecule has 2 atom stereocenters. The van der Waals surface area contributed by atoms with E-state index in [-0.39, 0.29) is 0 Å². The van der Waals surface area contributed by atoms with Gasteiger partial charge in [0.2, 0.25) is 0 Å². The largest absolute Gasteiger partial charge is 0.371 e. The van der Waals surface area contributed by atoms with E-state index in [9.17, 15) is 0 Å². The first-order chi connectivity index (χ1) is 10.0. The first kappa shape index (κ1) is 16.6. The molecule has 0 aliphatic carbocycles. The Morgan fingerprint density at radius 1 is 1.19 bits per heavy atom. The summed E-state index contributed by atoms with van der Waals surface area (Å²) in [5.41, 5.74) is 2.45. The summed E-state index contributed by atoms with van der Waals surface area (Å²) in [7, 11) is 1.97. The fourth-order valence-corrected chi connectivity index (χ4v) is 3.60. The van der Waals surface area contributed by atoms with Crippen LogP contribution in [0.25, 0.3) is 0 Å². The molecule has 1 N–H and O–H groups in total. The molecule has 1 heterocycles. The Labute approximate surface area is 134 Å². The predicted molar refractivity (Wildman–Crippen MR) is 93.3 cm³/mol. The van der Waals surface area contributed by atoms with Gasteiger partial charge in [-0.3, -0.25) is 0 Å². The van der Waals surface area contributed by atoms with Crippen LogP contribution < -0.4 is 10.2 Å². The van der Waals surface area contributed by atoms with Crippen LogP contribution in [0.3, 0.4) is 0 Å². The van der Waals surface area contributed by atoms with Gasteiger partial charge in [0.25, 0.3) is 0 Å². The second kappa shape index (κ2) is 7.51. The summed E-state index contributed by atoms with van der Waals surface area (Å²) in [6.45, 7) is 9.15. The lowest BCUT2D eigenvalue weighted by Crippen LogP contribution is -2.24. The van der Waals surface area contributed by atoms with Gasteiger partial charge in [-0.15, -0.1) is 0 Å². The Morgan fingerprint density at radius 3 is 2.57 bits per heavy atom. The summed E-state index contributed by atoms with van der Waals surface area (Å²) in [4.78, 5) is 2.50. The zero-order valence-corrected chi connectivity index (χ0v) is 14.6. The minimum absolute atomic E-state index is 0.293. The van der Waals surface area contributed by atoms with Crippen molar-refractivity contribution in [1.29, 1.82) is 0 Å². The highest BCUT2D eigenvalue weighted by Crippen LogP contribution is 2.31. The van der Waals surface area contributed by atoms with Crippen LogP contribution in [0.15, 0.2) is 18.2 Å². The molecule has 0 amide bonds. The van der Waals surface area contributed by atoms with E-state index in [0.717, 1.165) is 29.9 Å². The quantitative estimate of drug-likeness (QED) is 0.852. The summed E-state index contributed by atoms with van der Waals surface area (Å²) in [5, 5.41) is 4.13. The van der Waals surface area contributed by atoms with Crippen LogP contribution in [-0.4, -0.2) is 20.1 Å². The molecular formula is C18H29ClN2. The van der Waals surface area contributed by atoms with Gasteiger partial charge in [-0.05, 0) is 62.8 Å². The van der Waals surface area contributed by atoms with Crippen molar-refractivity contribution >= 4 is 17.3 Å². The smallest absolute Gasteiger partial charge is 0.0474 e. The molecular weight excluding hydrogens is 280 g/mol. The van der Waals surface area contributed by atoms with Crippen molar-refractivity contribution in [2.75, 3.05) is 25.0 Å². The molecule has 3 heteroatoms. The van der Waals surface area contributed by atoms with Crippen molar-refractivity contribution < 1.29 is 0 Å². The standard InChI is InChI=1S/C18H29ClN2/c1-13(2)15-6-5-10-21(11-9-15)16-7-8-17(14(3)20-4)18(19)12-16/h7-8,12-15,20H,5-6,9-11H2,1-4H3. The first-order valence-electron chi connectivity index (χ1n) is 8.24. The molecule has 0 saturated carbocycles. The molecule has 1 aromatic carbocycles. The summed E-state index contributed by atoms with van der Waals surface area (Å²) in [6.07, 6.45) is 3.94. The predicted octanol–water partition coefficient (Wildman–Crippen LogP) is 4.88. The van der Waals surface area contributed by atoms with E-state index >= 15 is 0 Å². The summed E-state index contributed by atoms with van der Waals surface area (Å²) in [6, 6.07) is 6.83. The summed E-state index contributed by atoms with van der Waals surface area (Å²) < 4.78 is 0. The van der Waals surface area contributed by atoms with E-state index in [0.29, 0.717) is 6.04 Å². The van der Waals surface area contributed by atoms with Gasteiger partial charge >= 0.3 is 0 Å². The van der Waals surface area contributed by atoms with Crippen LogP contribution in [0.5, 0.6) is 0 Å². The fourth-order valence-electron chi connectivity index (χ4n) is 3.27. The average Bonchev–Trinajstić information content (AvgIpc) is 2.72. The lowest BCUT2D eigenvalue weighted by atomic mass is 9.89. The molecule has 21 heavy (non-hydrogen) atoms. The van der Waals surface area contributed by atoms with Crippen molar-refractivity contribution in [2.45, 2.75) is 46.1 Å². The molecule has 0 bridgehead atoms. The SMILES string of the molecule is CNC(C)c1ccc(N2CCCC(C(C)C)CC2)cc1Cl. The number of benzene rings is 1. The van der Waals surface area contributed by atoms with Crippen molar-refractivity contribution in [3.63, 3.8) is 0 Å². The highest BCUT2D eigenvalue weighted by Gasteiger charge is 2.20. The zero-order valence-electron chi connectivity index (χ0n) is 13.8. The van der Waals surface area contributed by atoms with Crippen LogP contribution >= 0.6 is 11.6 Å². The van der Waals surface area contributed by atoms with Gasteiger partial charge < -0.3 is 10.2 Å². The lowest BCUT2D eigenvalue weighted by Gasteiger charge is -2.25. The van der Waals surface area contributed by atoms with Crippen LogP contribution in [0.2, 0.25) is 5.02 Å². The summed E-state index contributed by atoms with van der Waals surface area (Å²) in [5.74, 6) is 1.67. The molecule has 1 aliphatic rings. The van der Waals surface area contributed by atoms with Crippen LogP contribution in [0.4, 0.5) is 5.69 Å². The topological polar surface area (TPSA) is 15.3 Å². The van der Waals surface area contributed by atoms with Crippen molar-refractivity contribution in [1.82, 2.24) is 5.32 Å². The Morgan fingerprint density at radius 2 is 1.95 bits per heavy atom. The molecule has 1 aromatic rings. The molecule has 2 nitrogen and oxygen atoms in total. The average molecular weight is 309 g/mol. The molecule has 2 unspecified atom stereocenters. The van der Waals surface area contributed by atoms with Gasteiger partial charge in [0.15, 0.2) is 0 Å². The number of halogens is 1. The van der Waals surface area contributed by atoms with Gasteiger partial charge in [-0.25, -0.2) is 0 Å². The molecule has 1 aliphatic heterocycles. The van der Waals surface area contributed by atoms with E-state index in [4.69, 9.17) is 11.6 Å². The maximum Gasteiger partial charge on any atom is 0.0474 e. The van der Waals surface area contributed by atoms with E-state index in [1.807, 2.05) is 7.05 Å². The molecule has 0 aromatic heterocycles. The van der Waals surface area contributed by atoms with Crippen LogP contribution in [-0.2, 0) is 0 Å². The van der Waals surface area contributed by atoms with E-state index in [1.165, 1.54) is 30.5 Å². The molecule has 2 rings (SSSR count). The third kappa shape index (κ3) is 4.14. The third-order valence-electron chi connectivity index (χ3n) is 4.96. The Kier molecular flexibility index (Phi) is 5.95. The maximum absolute atomic E-state index is 6.48. The normalized spacial score (nSPS) is 21.4. The van der Waals surface area contributed by atoms with E-state index in [2.05, 4.69) is 49.2 Å². The van der Waals surface area contributed by atoms with Crippen LogP contribution in [0, 0.1) is 11.8 Å². The van der Waals surface area contributed by atoms with Gasteiger partial charge in [0, 0.05) is 29.8 Å². The highest BCUT2D eigenvalue weighted by atomic mass is 35.5. The number of hydrogen-bond donors (Lipinski definition) is 1. The van der Waals surface area contributed by atoms with Gasteiger partial charge in [0.1, 0.15) is 0 Å². The molecule has 0 spiro atoms.